The number of carbonyl (C=O) groups is 2. The van der Waals surface area contributed by atoms with Crippen LogP contribution in [0.25, 0.3) is 0 Å². The summed E-state index contributed by atoms with van der Waals surface area (Å²) >= 11 is 0. The Morgan fingerprint density at radius 1 is 1.59 bits per heavy atom. The van der Waals surface area contributed by atoms with Crippen LogP contribution >= 0.6 is 0 Å². The number of amides is 2. The molecule has 6 heteroatoms. The van der Waals surface area contributed by atoms with Gasteiger partial charge < -0.3 is 21.1 Å². The van der Waals surface area contributed by atoms with Crippen LogP contribution in [0.15, 0.2) is 0 Å². The molecule has 1 heterocycles. The topological polar surface area (TPSA) is 95.7 Å². The summed E-state index contributed by atoms with van der Waals surface area (Å²) < 4.78 is 0. The van der Waals surface area contributed by atoms with E-state index >= 15 is 0 Å². The Bertz CT molecular complexity index is 283. The number of likely N-dealkylation sites (tertiary alicyclic amines) is 1. The summed E-state index contributed by atoms with van der Waals surface area (Å²) in [4.78, 5) is 23.9. The number of carboxylic acids is 1. The number of hydrogen-bond donors (Lipinski definition) is 3. The predicted octanol–water partition coefficient (Wildman–Crippen LogP) is 0.0874. The third-order valence-corrected chi connectivity index (χ3v) is 3.03. The van der Waals surface area contributed by atoms with Gasteiger partial charge in [-0.2, -0.15) is 0 Å². The van der Waals surface area contributed by atoms with Gasteiger partial charge in [0.15, 0.2) is 0 Å². The van der Waals surface area contributed by atoms with Crippen LogP contribution in [-0.2, 0) is 4.79 Å². The zero-order valence-corrected chi connectivity index (χ0v) is 10.2. The summed E-state index contributed by atoms with van der Waals surface area (Å²) in [5, 5.41) is 11.3. The molecule has 98 valence electrons. The van der Waals surface area contributed by atoms with Gasteiger partial charge in [0, 0.05) is 26.1 Å². The standard InChI is InChI=1S/C11H21N3O3/c1-8(4-10(15)16)6-13-11(17)14-3-2-9(5-12)7-14/h8-9H,2-7,12H2,1H3,(H,13,17)(H,15,16). The third kappa shape index (κ3) is 4.60. The molecule has 17 heavy (non-hydrogen) atoms. The lowest BCUT2D eigenvalue weighted by atomic mass is 10.1. The molecular weight excluding hydrogens is 222 g/mol. The second-order valence-corrected chi connectivity index (χ2v) is 4.73. The van der Waals surface area contributed by atoms with E-state index in [1.807, 2.05) is 0 Å². The van der Waals surface area contributed by atoms with E-state index in [0.717, 1.165) is 13.0 Å². The summed E-state index contributed by atoms with van der Waals surface area (Å²) in [7, 11) is 0. The van der Waals surface area contributed by atoms with Crippen molar-refractivity contribution in [2.75, 3.05) is 26.2 Å². The Morgan fingerprint density at radius 2 is 2.29 bits per heavy atom. The normalized spacial score (nSPS) is 21.3. The van der Waals surface area contributed by atoms with Crippen LogP contribution in [0.4, 0.5) is 4.79 Å². The molecule has 0 aromatic heterocycles. The van der Waals surface area contributed by atoms with Crippen LogP contribution in [0.5, 0.6) is 0 Å². The van der Waals surface area contributed by atoms with E-state index in [1.54, 1.807) is 11.8 Å². The first-order valence-corrected chi connectivity index (χ1v) is 5.97. The Labute approximate surface area is 101 Å². The molecule has 2 amide bonds. The van der Waals surface area contributed by atoms with Gasteiger partial charge in [0.05, 0.1) is 0 Å². The zero-order valence-electron chi connectivity index (χ0n) is 10.2. The molecule has 0 radical (unpaired) electrons. The molecule has 1 fully saturated rings. The van der Waals surface area contributed by atoms with Crippen LogP contribution in [0.2, 0.25) is 0 Å². The number of aliphatic carboxylic acids is 1. The molecular formula is C11H21N3O3. The first kappa shape index (κ1) is 13.8. The molecule has 2 atom stereocenters. The van der Waals surface area contributed by atoms with Gasteiger partial charge in [-0.1, -0.05) is 6.92 Å². The average molecular weight is 243 g/mol. The number of rotatable bonds is 5. The molecule has 1 aliphatic rings. The molecule has 0 bridgehead atoms. The first-order valence-electron chi connectivity index (χ1n) is 5.97. The van der Waals surface area contributed by atoms with Crippen molar-refractivity contribution in [1.29, 1.82) is 0 Å². The maximum absolute atomic E-state index is 11.7. The van der Waals surface area contributed by atoms with Crippen LogP contribution in [-0.4, -0.2) is 48.2 Å². The van der Waals surface area contributed by atoms with Gasteiger partial charge in [-0.15, -0.1) is 0 Å². The van der Waals surface area contributed by atoms with Crippen LogP contribution in [0.3, 0.4) is 0 Å². The van der Waals surface area contributed by atoms with Crippen LogP contribution in [0.1, 0.15) is 19.8 Å². The summed E-state index contributed by atoms with van der Waals surface area (Å²) in [6.07, 6.45) is 1.03. The van der Waals surface area contributed by atoms with Gasteiger partial charge in [0.2, 0.25) is 0 Å². The number of carboxylic acid groups (broad SMARTS) is 1. The molecule has 1 saturated heterocycles. The summed E-state index contributed by atoms with van der Waals surface area (Å²) in [5.41, 5.74) is 5.55. The highest BCUT2D eigenvalue weighted by molar-refractivity contribution is 5.74. The Morgan fingerprint density at radius 3 is 2.82 bits per heavy atom. The quantitative estimate of drug-likeness (QED) is 0.637. The number of nitrogens with one attached hydrogen (secondary N) is 1. The van der Waals surface area contributed by atoms with E-state index in [4.69, 9.17) is 10.8 Å². The van der Waals surface area contributed by atoms with Gasteiger partial charge in [-0.25, -0.2) is 4.79 Å². The molecule has 4 N–H and O–H groups in total. The number of carbonyl (C=O) groups excluding carboxylic acids is 1. The Balaban J connectivity index is 2.23. The second kappa shape index (κ2) is 6.44. The van der Waals surface area contributed by atoms with E-state index in [-0.39, 0.29) is 18.4 Å². The summed E-state index contributed by atoms with van der Waals surface area (Å²) in [6.45, 7) is 4.26. The molecule has 0 spiro atoms. The van der Waals surface area contributed by atoms with Crippen molar-refractivity contribution in [2.45, 2.75) is 19.8 Å². The number of hydrogen-bond acceptors (Lipinski definition) is 3. The van der Waals surface area contributed by atoms with Crippen LogP contribution in [0, 0.1) is 11.8 Å². The minimum atomic E-state index is -0.837. The third-order valence-electron chi connectivity index (χ3n) is 3.03. The van der Waals surface area contributed by atoms with Gasteiger partial charge in [-0.3, -0.25) is 4.79 Å². The molecule has 0 saturated carbocycles. The smallest absolute Gasteiger partial charge is 0.317 e. The number of urea groups is 1. The molecule has 0 aromatic carbocycles. The molecule has 1 aliphatic heterocycles. The minimum Gasteiger partial charge on any atom is -0.481 e. The van der Waals surface area contributed by atoms with Crippen molar-refractivity contribution in [3.63, 3.8) is 0 Å². The van der Waals surface area contributed by atoms with E-state index in [9.17, 15) is 9.59 Å². The van der Waals surface area contributed by atoms with E-state index in [1.165, 1.54) is 0 Å². The van der Waals surface area contributed by atoms with Crippen molar-refractivity contribution >= 4 is 12.0 Å². The second-order valence-electron chi connectivity index (χ2n) is 4.73. The molecule has 2 unspecified atom stereocenters. The summed E-state index contributed by atoms with van der Waals surface area (Å²) in [6, 6.07) is -0.113. The van der Waals surface area contributed by atoms with E-state index in [2.05, 4.69) is 5.32 Å². The lowest BCUT2D eigenvalue weighted by molar-refractivity contribution is -0.137. The van der Waals surface area contributed by atoms with E-state index < -0.39 is 5.97 Å². The van der Waals surface area contributed by atoms with Gasteiger partial charge >= 0.3 is 12.0 Å². The lowest BCUT2D eigenvalue weighted by Crippen LogP contribution is -2.40. The van der Waals surface area contributed by atoms with Crippen molar-refractivity contribution in [3.8, 4) is 0 Å². The highest BCUT2D eigenvalue weighted by Gasteiger charge is 2.25. The van der Waals surface area contributed by atoms with E-state index in [0.29, 0.717) is 25.6 Å². The fraction of sp³-hybridized carbons (Fsp3) is 0.818. The SMILES string of the molecule is CC(CNC(=O)N1CCC(CN)C1)CC(=O)O. The van der Waals surface area contributed by atoms with Crippen molar-refractivity contribution in [3.05, 3.63) is 0 Å². The lowest BCUT2D eigenvalue weighted by Gasteiger charge is -2.18. The highest BCUT2D eigenvalue weighted by atomic mass is 16.4. The van der Waals surface area contributed by atoms with Gasteiger partial charge in [-0.05, 0) is 24.8 Å². The molecule has 6 nitrogen and oxygen atoms in total. The van der Waals surface area contributed by atoms with Crippen molar-refractivity contribution in [2.24, 2.45) is 17.6 Å². The van der Waals surface area contributed by atoms with Gasteiger partial charge in [0.1, 0.15) is 0 Å². The predicted molar refractivity (Wildman–Crippen MR) is 63.5 cm³/mol. The molecule has 1 rings (SSSR count). The monoisotopic (exact) mass is 243 g/mol. The number of nitrogens with two attached hydrogens (primary N) is 1. The van der Waals surface area contributed by atoms with Gasteiger partial charge in [0.25, 0.3) is 0 Å². The largest absolute Gasteiger partial charge is 0.481 e. The zero-order chi connectivity index (χ0) is 12.8. The number of nitrogens with zero attached hydrogens (tertiary/aromatic N) is 1. The fourth-order valence-corrected chi connectivity index (χ4v) is 1.95. The van der Waals surface area contributed by atoms with Crippen LogP contribution < -0.4 is 11.1 Å². The maximum atomic E-state index is 11.7. The Hall–Kier alpha value is -1.30. The summed E-state index contributed by atoms with van der Waals surface area (Å²) in [5.74, 6) is -0.488. The molecule has 0 aromatic rings. The first-order chi connectivity index (χ1) is 8.02. The van der Waals surface area contributed by atoms with Crippen molar-refractivity contribution in [1.82, 2.24) is 10.2 Å². The van der Waals surface area contributed by atoms with Crippen molar-refractivity contribution < 1.29 is 14.7 Å². The minimum absolute atomic E-state index is 0.0515. The highest BCUT2D eigenvalue weighted by Crippen LogP contribution is 2.14. The maximum Gasteiger partial charge on any atom is 0.317 e. The average Bonchev–Trinajstić information content (AvgIpc) is 2.73. The molecule has 0 aliphatic carbocycles. The fourth-order valence-electron chi connectivity index (χ4n) is 1.95. The Kier molecular flexibility index (Phi) is 5.21.